The molecule has 0 bridgehead atoms. The van der Waals surface area contributed by atoms with Gasteiger partial charge in [0.25, 0.3) is 0 Å². The van der Waals surface area contributed by atoms with Gasteiger partial charge in [-0.2, -0.15) is 5.10 Å². The first-order valence-electron chi connectivity index (χ1n) is 13.4. The number of ether oxygens (including phenoxy) is 1. The number of aromatic amines is 2. The number of nitrogens with one attached hydrogen (secondary N) is 2. The second kappa shape index (κ2) is 10.1. The van der Waals surface area contributed by atoms with E-state index in [4.69, 9.17) is 9.72 Å². The molecule has 9 heteroatoms. The van der Waals surface area contributed by atoms with Crippen LogP contribution < -0.4 is 4.74 Å². The van der Waals surface area contributed by atoms with Crippen molar-refractivity contribution in [3.8, 4) is 45.3 Å². The third-order valence-electron chi connectivity index (χ3n) is 7.40. The molecule has 1 saturated heterocycles. The maximum Gasteiger partial charge on any atom is 0.135 e. The van der Waals surface area contributed by atoms with Crippen LogP contribution in [0.25, 0.3) is 55.7 Å². The molecule has 6 aromatic rings. The number of pyridine rings is 2. The van der Waals surface area contributed by atoms with E-state index >= 15 is 0 Å². The van der Waals surface area contributed by atoms with E-state index in [1.54, 1.807) is 12.3 Å². The number of hydrogen-bond acceptors (Lipinski definition) is 6. The minimum atomic E-state index is -0.335. The van der Waals surface area contributed by atoms with Gasteiger partial charge in [0.05, 0.1) is 23.1 Å². The molecule has 8 nitrogen and oxygen atoms in total. The van der Waals surface area contributed by atoms with Crippen LogP contribution in [0, 0.1) is 5.82 Å². The van der Waals surface area contributed by atoms with Gasteiger partial charge in [0.15, 0.2) is 0 Å². The molecule has 1 fully saturated rings. The van der Waals surface area contributed by atoms with E-state index in [9.17, 15) is 9.50 Å². The summed E-state index contributed by atoms with van der Waals surface area (Å²) in [4.78, 5) is 14.7. The fraction of sp³-hybridized carbons (Fsp3) is 0.194. The molecule has 0 aliphatic carbocycles. The Morgan fingerprint density at radius 2 is 1.85 bits per heavy atom. The van der Waals surface area contributed by atoms with Gasteiger partial charge in [-0.3, -0.25) is 15.0 Å². The fourth-order valence-electron chi connectivity index (χ4n) is 5.45. The maximum absolute atomic E-state index is 14.7. The van der Waals surface area contributed by atoms with E-state index in [1.165, 1.54) is 31.2 Å². The highest BCUT2D eigenvalue weighted by Crippen LogP contribution is 2.36. The highest BCUT2D eigenvalue weighted by Gasteiger charge is 2.17. The van der Waals surface area contributed by atoms with Crippen LogP contribution in [0.3, 0.4) is 0 Å². The number of nitrogens with zero attached hydrogens (tertiary/aromatic N) is 4. The van der Waals surface area contributed by atoms with Crippen molar-refractivity contribution in [2.75, 3.05) is 26.2 Å². The lowest BCUT2D eigenvalue weighted by atomic mass is 10.0. The van der Waals surface area contributed by atoms with E-state index in [-0.39, 0.29) is 11.6 Å². The zero-order valence-corrected chi connectivity index (χ0v) is 21.7. The predicted molar refractivity (Wildman–Crippen MR) is 153 cm³/mol. The van der Waals surface area contributed by atoms with Gasteiger partial charge >= 0.3 is 0 Å². The molecule has 3 N–H and O–H groups in total. The number of aromatic hydroxyl groups is 1. The Morgan fingerprint density at radius 1 is 0.950 bits per heavy atom. The third kappa shape index (κ3) is 4.65. The summed E-state index contributed by atoms with van der Waals surface area (Å²) < 4.78 is 20.7. The van der Waals surface area contributed by atoms with Crippen LogP contribution in [-0.2, 0) is 0 Å². The smallest absolute Gasteiger partial charge is 0.135 e. The number of likely N-dealkylation sites (tertiary alicyclic amines) is 1. The molecule has 0 radical (unpaired) electrons. The largest absolute Gasteiger partial charge is 0.506 e. The normalized spacial score (nSPS) is 13.9. The lowest BCUT2D eigenvalue weighted by Gasteiger charge is -2.15. The summed E-state index contributed by atoms with van der Waals surface area (Å²) in [6.45, 7) is 3.58. The van der Waals surface area contributed by atoms with Crippen molar-refractivity contribution in [1.29, 1.82) is 0 Å². The van der Waals surface area contributed by atoms with Crippen molar-refractivity contribution in [1.82, 2.24) is 30.0 Å². The molecule has 4 aromatic heterocycles. The van der Waals surface area contributed by atoms with Crippen molar-refractivity contribution in [2.24, 2.45) is 0 Å². The van der Waals surface area contributed by atoms with Crippen LogP contribution in [-0.4, -0.2) is 61.4 Å². The van der Waals surface area contributed by atoms with E-state index in [0.717, 1.165) is 52.9 Å². The first-order chi connectivity index (χ1) is 19.6. The summed E-state index contributed by atoms with van der Waals surface area (Å²) in [6.07, 6.45) is 5.50. The van der Waals surface area contributed by atoms with Crippen LogP contribution in [0.5, 0.6) is 11.5 Å². The Labute approximate surface area is 229 Å². The summed E-state index contributed by atoms with van der Waals surface area (Å²) in [5.41, 5.74) is 6.84. The van der Waals surface area contributed by atoms with Crippen molar-refractivity contribution in [3.63, 3.8) is 0 Å². The average Bonchev–Trinajstić information content (AvgIpc) is 3.72. The Hall–Kier alpha value is -4.76. The molecule has 0 saturated carbocycles. The van der Waals surface area contributed by atoms with Gasteiger partial charge in [0.1, 0.15) is 35.1 Å². The monoisotopic (exact) mass is 534 g/mol. The molecule has 0 atom stereocenters. The molecule has 1 aliphatic heterocycles. The van der Waals surface area contributed by atoms with Crippen molar-refractivity contribution in [2.45, 2.75) is 12.8 Å². The van der Waals surface area contributed by atoms with Gasteiger partial charge in [0, 0.05) is 35.3 Å². The van der Waals surface area contributed by atoms with Crippen LogP contribution in [0.4, 0.5) is 4.39 Å². The van der Waals surface area contributed by atoms with Gasteiger partial charge in [-0.1, -0.05) is 12.1 Å². The highest BCUT2D eigenvalue weighted by atomic mass is 19.1. The topological polar surface area (TPSA) is 103 Å². The lowest BCUT2D eigenvalue weighted by molar-refractivity contribution is 0.237. The molecule has 0 spiro atoms. The third-order valence-corrected chi connectivity index (χ3v) is 7.40. The van der Waals surface area contributed by atoms with E-state index in [1.807, 2.05) is 42.5 Å². The fourth-order valence-corrected chi connectivity index (χ4v) is 5.45. The van der Waals surface area contributed by atoms with Crippen LogP contribution in [0.15, 0.2) is 73.1 Å². The number of aromatic nitrogens is 5. The zero-order chi connectivity index (χ0) is 27.1. The molecular formula is C31H27FN6O2. The molecule has 200 valence electrons. The number of H-pyrrole nitrogens is 2. The molecular weight excluding hydrogens is 507 g/mol. The predicted octanol–water partition coefficient (Wildman–Crippen LogP) is 6.15. The number of hydrogen-bond donors (Lipinski definition) is 3. The number of fused-ring (bicyclic) bond motifs is 2. The summed E-state index contributed by atoms with van der Waals surface area (Å²) in [7, 11) is 0. The van der Waals surface area contributed by atoms with E-state index < -0.39 is 0 Å². The van der Waals surface area contributed by atoms with E-state index in [2.05, 4.69) is 25.1 Å². The van der Waals surface area contributed by atoms with Gasteiger partial charge in [-0.05, 0) is 79.5 Å². The van der Waals surface area contributed by atoms with Gasteiger partial charge in [-0.25, -0.2) is 9.37 Å². The molecule has 0 unspecified atom stereocenters. The Balaban J connectivity index is 1.23. The Bertz CT molecular complexity index is 1840. The standard InChI is InChI=1S/C31H27FN6O2/c32-21-12-19(14-23(15-21)40-11-10-38-8-1-2-9-38)24-4-3-5-27-25(24)16-29(34-27)31-30-28(36-37-31)7-6-26(35-30)20-13-22(39)18-33-17-20/h3-7,12-18,34,39H,1-2,8-11H2,(H,36,37). The molecule has 1 aliphatic rings. The summed E-state index contributed by atoms with van der Waals surface area (Å²) >= 11 is 0. The SMILES string of the molecule is Oc1cncc(-c2ccc3[nH]nc(-c4cc5c(-c6cc(F)cc(OCCN7CCCC7)c6)cccc5[nH]4)c3n2)c1. The van der Waals surface area contributed by atoms with Crippen molar-refractivity contribution < 1.29 is 14.2 Å². The summed E-state index contributed by atoms with van der Waals surface area (Å²) in [6, 6.07) is 18.2. The maximum atomic E-state index is 14.7. The molecule has 40 heavy (non-hydrogen) atoms. The molecule has 5 heterocycles. The van der Waals surface area contributed by atoms with Gasteiger partial charge < -0.3 is 14.8 Å². The first kappa shape index (κ1) is 24.3. The van der Waals surface area contributed by atoms with Crippen LogP contribution in [0.2, 0.25) is 0 Å². The number of halogens is 1. The average molecular weight is 535 g/mol. The first-order valence-corrected chi connectivity index (χ1v) is 13.4. The Kier molecular flexibility index (Phi) is 6.13. The zero-order valence-electron chi connectivity index (χ0n) is 21.7. The lowest BCUT2D eigenvalue weighted by Crippen LogP contribution is -2.25. The van der Waals surface area contributed by atoms with Gasteiger partial charge in [0.2, 0.25) is 0 Å². The molecule has 0 amide bonds. The van der Waals surface area contributed by atoms with Crippen LogP contribution in [0.1, 0.15) is 12.8 Å². The number of benzene rings is 2. The summed E-state index contributed by atoms with van der Waals surface area (Å²) in [5, 5.41) is 18.4. The van der Waals surface area contributed by atoms with Crippen LogP contribution >= 0.6 is 0 Å². The van der Waals surface area contributed by atoms with E-state index in [0.29, 0.717) is 34.8 Å². The molecule has 2 aromatic carbocycles. The quantitative estimate of drug-likeness (QED) is 0.227. The number of rotatable bonds is 7. The van der Waals surface area contributed by atoms with Crippen molar-refractivity contribution >= 4 is 21.9 Å². The summed E-state index contributed by atoms with van der Waals surface area (Å²) in [5.74, 6) is 0.267. The van der Waals surface area contributed by atoms with Crippen molar-refractivity contribution in [3.05, 3.63) is 78.9 Å². The van der Waals surface area contributed by atoms with Gasteiger partial charge in [-0.15, -0.1) is 0 Å². The molecule has 7 rings (SSSR count). The minimum absolute atomic E-state index is 0.0764. The second-order valence-electron chi connectivity index (χ2n) is 10.1. The minimum Gasteiger partial charge on any atom is -0.506 e. The Morgan fingerprint density at radius 3 is 2.73 bits per heavy atom. The highest BCUT2D eigenvalue weighted by molar-refractivity contribution is 6.00. The second-order valence-corrected chi connectivity index (χ2v) is 10.1.